The molecule has 0 fully saturated rings. The first-order chi connectivity index (χ1) is 15.4. The van der Waals surface area contributed by atoms with Gasteiger partial charge in [0, 0.05) is 32.7 Å². The topological polar surface area (TPSA) is 379 Å². The number of guanidine groups is 6. The third-order valence-electron chi connectivity index (χ3n) is 2.86. The summed E-state index contributed by atoms with van der Waals surface area (Å²) in [5, 5.41) is 28.2. The first-order valence-electron chi connectivity index (χ1n) is 9.78. The zero-order valence-corrected chi connectivity index (χ0v) is 18.9. The molecule has 18 heteroatoms. The number of nitrogens with two attached hydrogens (primary N) is 9. The van der Waals surface area contributed by atoms with Crippen LogP contribution in [0.1, 0.15) is 19.3 Å². The van der Waals surface area contributed by atoms with Gasteiger partial charge in [0.15, 0.2) is 35.8 Å². The van der Waals surface area contributed by atoms with Gasteiger partial charge >= 0.3 is 0 Å². The standard InChI is InChI=1S/C6H16N6.C5H14N6.C4H12N6/c7-5(8)11-3-1-2-4-12-6(9)10;6-4(7)10-2-1-3-11-5(8)9;5-3(6)9-1-2-10-4(7)8/h1-4H2,(H4,7,8,11)(H4,9,10,12);1-3H2,(H4,6,7,10)(H4,8,9,11);1-2H2,(H4,5,6,9)(H4,7,8,10). The maximum absolute atomic E-state index is 6.84. The van der Waals surface area contributed by atoms with Crippen molar-refractivity contribution in [3.05, 3.63) is 0 Å². The highest BCUT2D eigenvalue weighted by Gasteiger charge is 1.89. The Morgan fingerprint density at radius 3 is 1.18 bits per heavy atom. The van der Waals surface area contributed by atoms with Crippen molar-refractivity contribution < 1.29 is 0 Å². The quantitative estimate of drug-likeness (QED) is 0.0714. The van der Waals surface area contributed by atoms with Gasteiger partial charge in [0.05, 0.1) is 6.54 Å². The van der Waals surface area contributed by atoms with Crippen LogP contribution in [0.4, 0.5) is 0 Å². The molecule has 0 amide bonds. The molecule has 0 aromatic carbocycles. The predicted molar refractivity (Wildman–Crippen MR) is 136 cm³/mol. The van der Waals surface area contributed by atoms with E-state index in [9.17, 15) is 0 Å². The Bertz CT molecular complexity index is 612. The Labute approximate surface area is 193 Å². The van der Waals surface area contributed by atoms with Gasteiger partial charge in [0.25, 0.3) is 0 Å². The van der Waals surface area contributed by atoms with Crippen molar-refractivity contribution in [2.45, 2.75) is 19.3 Å². The molecular weight excluding hydrogens is 432 g/mol. The van der Waals surface area contributed by atoms with E-state index >= 15 is 0 Å². The number of nitrogens with zero attached hydrogens (tertiary/aromatic N) is 3. The zero-order valence-electron chi connectivity index (χ0n) is 18.9. The van der Waals surface area contributed by atoms with Crippen LogP contribution in [0, 0.1) is 16.2 Å². The summed E-state index contributed by atoms with van der Waals surface area (Å²) in [7, 11) is 0. The molecule has 192 valence electrons. The summed E-state index contributed by atoms with van der Waals surface area (Å²) in [5.74, 6) is 0.144. The summed E-state index contributed by atoms with van der Waals surface area (Å²) in [6.45, 7) is 3.40. The van der Waals surface area contributed by atoms with Gasteiger partial charge in [0.1, 0.15) is 0 Å². The summed E-state index contributed by atoms with van der Waals surface area (Å²) in [5.41, 5.74) is 45.5. The first-order valence-corrected chi connectivity index (χ1v) is 9.78. The second-order valence-corrected chi connectivity index (χ2v) is 6.00. The van der Waals surface area contributed by atoms with Gasteiger partial charge in [-0.25, -0.2) is 0 Å². The van der Waals surface area contributed by atoms with E-state index in [0.717, 1.165) is 19.3 Å². The average Bonchev–Trinajstić information content (AvgIpc) is 2.67. The second kappa shape index (κ2) is 23.9. The third kappa shape index (κ3) is 47.1. The van der Waals surface area contributed by atoms with Gasteiger partial charge < -0.3 is 67.6 Å². The van der Waals surface area contributed by atoms with E-state index in [1.54, 1.807) is 0 Å². The lowest BCUT2D eigenvalue weighted by molar-refractivity contribution is 0.714. The van der Waals surface area contributed by atoms with Gasteiger partial charge in [-0.1, -0.05) is 0 Å². The number of nitrogens with one attached hydrogen (secondary N) is 6. The van der Waals surface area contributed by atoms with Crippen LogP contribution in [0.15, 0.2) is 15.0 Å². The van der Waals surface area contributed by atoms with E-state index in [-0.39, 0.29) is 35.8 Å². The van der Waals surface area contributed by atoms with Crippen molar-refractivity contribution in [1.82, 2.24) is 16.0 Å². The molecule has 0 unspecified atom stereocenters. The lowest BCUT2D eigenvalue weighted by Crippen LogP contribution is -2.33. The summed E-state index contributed by atoms with van der Waals surface area (Å²) in [6, 6.07) is 0. The molecule has 0 saturated heterocycles. The van der Waals surface area contributed by atoms with E-state index in [1.807, 2.05) is 0 Å². The summed E-state index contributed by atoms with van der Waals surface area (Å²) >= 11 is 0. The summed E-state index contributed by atoms with van der Waals surface area (Å²) in [4.78, 5) is 11.2. The van der Waals surface area contributed by atoms with E-state index in [1.165, 1.54) is 0 Å². The van der Waals surface area contributed by atoms with E-state index in [0.29, 0.717) is 39.3 Å². The maximum Gasteiger partial charge on any atom is 0.185 e. The molecule has 0 aliphatic carbocycles. The number of hydrogen-bond acceptors (Lipinski definition) is 6. The first kappa shape index (κ1) is 33.3. The highest BCUT2D eigenvalue weighted by molar-refractivity contribution is 5.77. The van der Waals surface area contributed by atoms with E-state index in [4.69, 9.17) is 67.8 Å². The highest BCUT2D eigenvalue weighted by atomic mass is 15.1. The van der Waals surface area contributed by atoms with Crippen LogP contribution < -0.4 is 67.6 Å². The van der Waals surface area contributed by atoms with Crippen molar-refractivity contribution >= 4 is 35.8 Å². The molecule has 0 heterocycles. The van der Waals surface area contributed by atoms with Crippen molar-refractivity contribution in [1.29, 1.82) is 16.2 Å². The van der Waals surface area contributed by atoms with Crippen molar-refractivity contribution in [3.8, 4) is 0 Å². The molecule has 0 saturated carbocycles. The lowest BCUT2D eigenvalue weighted by Gasteiger charge is -2.01. The fourth-order valence-electron chi connectivity index (χ4n) is 1.55. The zero-order chi connectivity index (χ0) is 26.1. The normalized spacial score (nSPS) is 8.73. The lowest BCUT2D eigenvalue weighted by atomic mass is 10.3. The molecule has 0 bridgehead atoms. The van der Waals surface area contributed by atoms with Crippen molar-refractivity contribution in [2.75, 3.05) is 39.3 Å². The highest BCUT2D eigenvalue weighted by Crippen LogP contribution is 1.86. The Kier molecular flexibility index (Phi) is 24.1. The smallest absolute Gasteiger partial charge is 0.185 e. The monoisotopic (exact) mass is 474 g/mol. The van der Waals surface area contributed by atoms with E-state index < -0.39 is 0 Å². The molecular formula is C15H42N18. The Morgan fingerprint density at radius 2 is 0.788 bits per heavy atom. The Balaban J connectivity index is -0.000000411. The van der Waals surface area contributed by atoms with Crippen LogP contribution >= 0.6 is 0 Å². The predicted octanol–water partition coefficient (Wildman–Crippen LogP) is -5.60. The van der Waals surface area contributed by atoms with Gasteiger partial charge in [0.2, 0.25) is 0 Å². The number of unbranched alkanes of at least 4 members (excludes halogenated alkanes) is 1. The minimum atomic E-state index is -0.0780. The minimum absolute atomic E-state index is 0.00293. The molecule has 0 atom stereocenters. The fraction of sp³-hybridized carbons (Fsp3) is 0.600. The molecule has 18 nitrogen and oxygen atoms in total. The van der Waals surface area contributed by atoms with Gasteiger partial charge in [-0.3, -0.25) is 31.2 Å². The molecule has 0 aromatic rings. The van der Waals surface area contributed by atoms with E-state index in [2.05, 4.69) is 30.9 Å². The Morgan fingerprint density at radius 1 is 0.455 bits per heavy atom. The maximum atomic E-state index is 6.84. The van der Waals surface area contributed by atoms with Crippen LogP contribution in [0.25, 0.3) is 0 Å². The SMILES string of the molecule is N=C(N)NCCCCN=C(N)N.N=C(N)NCCCN=C(N)N.N=C(N)NCCN=C(N)N. The van der Waals surface area contributed by atoms with Gasteiger partial charge in [-0.05, 0) is 19.3 Å². The van der Waals surface area contributed by atoms with Crippen LogP contribution in [0.5, 0.6) is 0 Å². The van der Waals surface area contributed by atoms with Crippen LogP contribution in [0.3, 0.4) is 0 Å². The molecule has 0 aliphatic rings. The molecule has 0 radical (unpaired) electrons. The van der Waals surface area contributed by atoms with Crippen molar-refractivity contribution in [3.63, 3.8) is 0 Å². The second-order valence-electron chi connectivity index (χ2n) is 6.00. The molecule has 0 rings (SSSR count). The van der Waals surface area contributed by atoms with Gasteiger partial charge in [-0.15, -0.1) is 0 Å². The number of aliphatic imine (C=N–C) groups is 3. The third-order valence-corrected chi connectivity index (χ3v) is 2.86. The average molecular weight is 475 g/mol. The van der Waals surface area contributed by atoms with Crippen LogP contribution in [-0.2, 0) is 0 Å². The largest absolute Gasteiger partial charge is 0.370 e. The fourth-order valence-corrected chi connectivity index (χ4v) is 1.55. The molecule has 0 aliphatic heterocycles. The van der Waals surface area contributed by atoms with Crippen LogP contribution in [-0.4, -0.2) is 75.0 Å². The van der Waals surface area contributed by atoms with Crippen LogP contribution in [0.2, 0.25) is 0 Å². The number of hydrogen-bond donors (Lipinski definition) is 15. The van der Waals surface area contributed by atoms with Gasteiger partial charge in [-0.2, -0.15) is 0 Å². The summed E-state index contributed by atoms with van der Waals surface area (Å²) in [6.07, 6.45) is 2.55. The summed E-state index contributed by atoms with van der Waals surface area (Å²) < 4.78 is 0. The minimum Gasteiger partial charge on any atom is -0.370 e. The molecule has 33 heavy (non-hydrogen) atoms. The molecule has 0 aromatic heterocycles. The van der Waals surface area contributed by atoms with Crippen molar-refractivity contribution in [2.24, 2.45) is 66.6 Å². The molecule has 0 spiro atoms. The Hall–Kier alpha value is -4.38. The molecule has 24 N–H and O–H groups in total. The number of rotatable bonds is 12.